The minimum atomic E-state index is -1.06. The van der Waals surface area contributed by atoms with E-state index < -0.39 is 35.1 Å². The Bertz CT molecular complexity index is 2450. The summed E-state index contributed by atoms with van der Waals surface area (Å²) in [7, 11) is 1.72. The highest BCUT2D eigenvalue weighted by atomic mass is 35.5. The zero-order valence-corrected chi connectivity index (χ0v) is 32.1. The van der Waals surface area contributed by atoms with Crippen molar-refractivity contribution in [1.82, 2.24) is 15.1 Å². The van der Waals surface area contributed by atoms with E-state index in [1.165, 1.54) is 18.2 Å². The fourth-order valence-electron chi connectivity index (χ4n) is 7.95. The van der Waals surface area contributed by atoms with E-state index in [4.69, 9.17) is 16.3 Å². The number of imide groups is 2. The van der Waals surface area contributed by atoms with Gasteiger partial charge in [0.15, 0.2) is 6.61 Å². The summed E-state index contributed by atoms with van der Waals surface area (Å²) >= 11 is 6.31. The van der Waals surface area contributed by atoms with Gasteiger partial charge >= 0.3 is 0 Å². The zero-order chi connectivity index (χ0) is 40.3. The normalized spacial score (nSPS) is 18.5. The molecule has 0 saturated carbocycles. The molecule has 1 unspecified atom stereocenters. The number of hydrogen-bond donors (Lipinski definition) is 1. The quantitative estimate of drug-likeness (QED) is 0.225. The van der Waals surface area contributed by atoms with Gasteiger partial charge in [-0.25, -0.2) is 0 Å². The van der Waals surface area contributed by atoms with Crippen LogP contribution < -0.4 is 19.9 Å². The van der Waals surface area contributed by atoms with Crippen molar-refractivity contribution in [3.63, 3.8) is 0 Å². The Morgan fingerprint density at radius 2 is 1.61 bits per heavy atom. The lowest BCUT2D eigenvalue weighted by atomic mass is 9.84. The fraction of sp³-hybridized carbons (Fsp3) is 0.279. The van der Waals surface area contributed by atoms with E-state index in [1.807, 2.05) is 26.0 Å². The molecule has 0 spiro atoms. The van der Waals surface area contributed by atoms with Crippen molar-refractivity contribution in [2.45, 2.75) is 38.1 Å². The molecule has 14 heteroatoms. The highest BCUT2D eigenvalue weighted by Gasteiger charge is 2.46. The van der Waals surface area contributed by atoms with Crippen LogP contribution in [-0.2, 0) is 24.6 Å². The van der Waals surface area contributed by atoms with Crippen molar-refractivity contribution in [2.24, 2.45) is 5.92 Å². The number of likely N-dealkylation sites (N-methyl/N-ethyl adjacent to an activating group) is 1. The van der Waals surface area contributed by atoms with Crippen LogP contribution in [0.5, 0.6) is 5.75 Å². The molecule has 4 aromatic rings. The van der Waals surface area contributed by atoms with Crippen LogP contribution in [0.4, 0.5) is 17.1 Å². The van der Waals surface area contributed by atoms with E-state index in [1.54, 1.807) is 35.0 Å². The minimum absolute atomic E-state index is 0.0294. The van der Waals surface area contributed by atoms with Crippen LogP contribution in [0.15, 0.2) is 78.9 Å². The predicted molar refractivity (Wildman–Crippen MR) is 210 cm³/mol. The second kappa shape index (κ2) is 14.2. The first-order chi connectivity index (χ1) is 27.2. The number of carbonyl (C=O) groups is 6. The lowest BCUT2D eigenvalue weighted by Crippen LogP contribution is -2.54. The van der Waals surface area contributed by atoms with E-state index in [0.717, 1.165) is 46.1 Å². The maximum atomic E-state index is 13.6. The van der Waals surface area contributed by atoms with Gasteiger partial charge in [-0.3, -0.25) is 43.9 Å². The number of rotatable bonds is 9. The Labute approximate surface area is 333 Å². The van der Waals surface area contributed by atoms with Crippen LogP contribution in [0.2, 0.25) is 5.02 Å². The first-order valence-electron chi connectivity index (χ1n) is 18.5. The molecule has 0 bridgehead atoms. The largest absolute Gasteiger partial charge is 0.484 e. The van der Waals surface area contributed by atoms with Gasteiger partial charge < -0.3 is 14.5 Å². The number of ether oxygens (including phenoxy) is 1. The summed E-state index contributed by atoms with van der Waals surface area (Å²) in [6.45, 7) is 5.63. The van der Waals surface area contributed by atoms with Crippen molar-refractivity contribution in [1.29, 1.82) is 5.26 Å². The van der Waals surface area contributed by atoms with E-state index in [9.17, 15) is 34.0 Å². The molecular formula is C43H37ClN6O7. The summed E-state index contributed by atoms with van der Waals surface area (Å²) in [5.41, 5.74) is 5.15. The molecule has 0 aromatic heterocycles. The summed E-state index contributed by atoms with van der Waals surface area (Å²) in [6.07, 6.45) is 0.0901. The van der Waals surface area contributed by atoms with Gasteiger partial charge in [-0.05, 0) is 97.6 Å². The summed E-state index contributed by atoms with van der Waals surface area (Å²) in [5.74, 6) is -2.20. The number of carbonyl (C=O) groups excluding carboxylic acids is 6. The molecule has 2 fully saturated rings. The summed E-state index contributed by atoms with van der Waals surface area (Å²) in [6, 6.07) is 24.6. The molecule has 8 rings (SSSR count). The molecule has 288 valence electrons. The third-order valence-electron chi connectivity index (χ3n) is 11.2. The molecule has 4 aliphatic rings. The molecule has 4 aliphatic heterocycles. The van der Waals surface area contributed by atoms with E-state index in [0.29, 0.717) is 22.8 Å². The molecule has 0 radical (unpaired) electrons. The Hall–Kier alpha value is -6.52. The first kappa shape index (κ1) is 37.4. The number of nitriles is 1. The highest BCUT2D eigenvalue weighted by molar-refractivity contribution is 6.32. The molecule has 1 atom stereocenters. The number of nitrogens with zero attached hydrogens (tertiary/aromatic N) is 5. The van der Waals surface area contributed by atoms with Crippen LogP contribution >= 0.6 is 11.6 Å². The van der Waals surface area contributed by atoms with Crippen molar-refractivity contribution in [2.75, 3.05) is 43.1 Å². The third-order valence-corrected chi connectivity index (χ3v) is 11.5. The average Bonchev–Trinajstić information content (AvgIpc) is 3.54. The van der Waals surface area contributed by atoms with Crippen LogP contribution in [-0.4, -0.2) is 84.6 Å². The van der Waals surface area contributed by atoms with Gasteiger partial charge in [0.05, 0.1) is 38.5 Å². The molecule has 6 amide bonds. The van der Waals surface area contributed by atoms with Gasteiger partial charge in [0.25, 0.3) is 17.7 Å². The molecule has 4 heterocycles. The molecule has 13 nitrogen and oxygen atoms in total. The van der Waals surface area contributed by atoms with Crippen molar-refractivity contribution in [3.8, 4) is 22.9 Å². The SMILES string of the molecule is CN(CC1CN(c2ccc(-c3ccc4c(c3)C(C)(C)C(=O)N4c3ccc(C#N)c(Cl)c3)cc2)C1)C(=O)COc1ccc2c(c1)C(=O)N(C1CCC(=O)NC1=O)C2=O. The topological polar surface area (TPSA) is 160 Å². The number of hydrogen-bond acceptors (Lipinski definition) is 9. The standard InChI is InChI=1S/C43H37ClN6O7/c1-43(2)33-16-26(7-13-35(33)49(42(43)56)29-10-6-27(19-45)34(44)17-29)25-4-8-28(9-5-25)48-21-24(22-48)20-47(3)38(52)23-57-30-11-12-31-32(18-30)41(55)50(40(31)54)36-14-15-37(51)46-39(36)53/h4-13,16-18,24,36H,14-15,20-23H2,1-3H3,(H,46,51,53). The molecule has 1 N–H and O–H groups in total. The third kappa shape index (κ3) is 6.55. The van der Waals surface area contributed by atoms with E-state index >= 15 is 0 Å². The second-order valence-electron chi connectivity index (χ2n) is 15.3. The molecular weight excluding hydrogens is 748 g/mol. The van der Waals surface area contributed by atoms with Gasteiger partial charge in [0, 0.05) is 44.7 Å². The second-order valence-corrected chi connectivity index (χ2v) is 15.7. The van der Waals surface area contributed by atoms with Gasteiger partial charge in [-0.15, -0.1) is 0 Å². The van der Waals surface area contributed by atoms with Crippen molar-refractivity contribution >= 4 is 64.1 Å². The average molecular weight is 785 g/mol. The zero-order valence-electron chi connectivity index (χ0n) is 31.4. The lowest BCUT2D eigenvalue weighted by molar-refractivity contribution is -0.136. The van der Waals surface area contributed by atoms with Gasteiger partial charge in [0.2, 0.25) is 17.7 Å². The molecule has 2 saturated heterocycles. The molecule has 4 aromatic carbocycles. The number of amides is 6. The van der Waals surface area contributed by atoms with E-state index in [2.05, 4.69) is 46.6 Å². The smallest absolute Gasteiger partial charge is 0.262 e. The van der Waals surface area contributed by atoms with Crippen LogP contribution in [0.3, 0.4) is 0 Å². The number of anilines is 3. The van der Waals surface area contributed by atoms with Crippen LogP contribution in [0.25, 0.3) is 11.1 Å². The number of fused-ring (bicyclic) bond motifs is 2. The van der Waals surface area contributed by atoms with Gasteiger partial charge in [-0.1, -0.05) is 29.8 Å². The van der Waals surface area contributed by atoms with Crippen molar-refractivity contribution < 1.29 is 33.5 Å². The monoisotopic (exact) mass is 784 g/mol. The number of nitrogens with one attached hydrogen (secondary N) is 1. The Morgan fingerprint density at radius 3 is 2.32 bits per heavy atom. The maximum absolute atomic E-state index is 13.6. The predicted octanol–water partition coefficient (Wildman–Crippen LogP) is 5.21. The van der Waals surface area contributed by atoms with Gasteiger partial charge in [-0.2, -0.15) is 5.26 Å². The molecule has 57 heavy (non-hydrogen) atoms. The van der Waals surface area contributed by atoms with Crippen LogP contribution in [0, 0.1) is 17.2 Å². The number of halogens is 1. The Kier molecular flexibility index (Phi) is 9.32. The summed E-state index contributed by atoms with van der Waals surface area (Å²) in [5, 5.41) is 11.8. The summed E-state index contributed by atoms with van der Waals surface area (Å²) < 4.78 is 5.72. The van der Waals surface area contributed by atoms with Crippen molar-refractivity contribution in [3.05, 3.63) is 106 Å². The van der Waals surface area contributed by atoms with E-state index in [-0.39, 0.29) is 54.1 Å². The molecule has 0 aliphatic carbocycles. The highest BCUT2D eigenvalue weighted by Crippen LogP contribution is 2.47. The number of benzene rings is 4. The maximum Gasteiger partial charge on any atom is 0.262 e. The minimum Gasteiger partial charge on any atom is -0.484 e. The van der Waals surface area contributed by atoms with Gasteiger partial charge in [0.1, 0.15) is 17.9 Å². The Balaban J connectivity index is 0.844. The summed E-state index contributed by atoms with van der Waals surface area (Å²) in [4.78, 5) is 83.0. The number of piperidine rings is 1. The fourth-order valence-corrected chi connectivity index (χ4v) is 8.17. The lowest BCUT2D eigenvalue weighted by Gasteiger charge is -2.42. The Morgan fingerprint density at radius 1 is 0.912 bits per heavy atom. The first-order valence-corrected chi connectivity index (χ1v) is 18.9. The van der Waals surface area contributed by atoms with Crippen LogP contribution in [0.1, 0.15) is 58.5 Å².